The van der Waals surface area contributed by atoms with E-state index in [0.29, 0.717) is 35.7 Å². The number of benzene rings is 3. The topological polar surface area (TPSA) is 94.5 Å². The first-order chi connectivity index (χ1) is 19.1. The summed E-state index contributed by atoms with van der Waals surface area (Å²) < 4.78 is 12.6. The minimum Gasteiger partial charge on any atom is -0.497 e. The Bertz CT molecular complexity index is 1440. The van der Waals surface area contributed by atoms with Gasteiger partial charge in [0.2, 0.25) is 0 Å². The summed E-state index contributed by atoms with van der Waals surface area (Å²) in [5.74, 6) is -0.177. The Morgan fingerprint density at radius 2 is 1.74 bits per heavy atom. The van der Waals surface area contributed by atoms with Gasteiger partial charge in [-0.15, -0.1) is 0 Å². The maximum atomic E-state index is 13.4. The molecule has 2 N–H and O–H groups in total. The van der Waals surface area contributed by atoms with Crippen molar-refractivity contribution in [1.82, 2.24) is 20.4 Å². The van der Waals surface area contributed by atoms with Gasteiger partial charge >= 0.3 is 0 Å². The lowest BCUT2D eigenvalue weighted by atomic mass is 10.1. The van der Waals surface area contributed by atoms with Gasteiger partial charge in [0.25, 0.3) is 11.8 Å². The number of ether oxygens (including phenoxy) is 2. The molecule has 1 fully saturated rings. The molecule has 5 rings (SSSR count). The molecule has 1 aliphatic rings. The van der Waals surface area contributed by atoms with Crippen LogP contribution in [0.15, 0.2) is 96.8 Å². The van der Waals surface area contributed by atoms with E-state index in [-0.39, 0.29) is 11.8 Å². The monoisotopic (exact) mass is 522 g/mol. The molecule has 2 amide bonds. The Morgan fingerprint density at radius 1 is 1.03 bits per heavy atom. The molecular formula is C31H30N4O4. The van der Waals surface area contributed by atoms with Crippen LogP contribution in [0.1, 0.15) is 28.8 Å². The Kier molecular flexibility index (Phi) is 8.14. The first-order valence-corrected chi connectivity index (χ1v) is 12.9. The van der Waals surface area contributed by atoms with E-state index in [1.54, 1.807) is 42.1 Å². The number of hydrogen-bond acceptors (Lipinski definition) is 5. The molecule has 4 aromatic rings. The molecule has 1 saturated heterocycles. The number of para-hydroxylation sites is 1. The van der Waals surface area contributed by atoms with Crippen LogP contribution in [0.5, 0.6) is 5.75 Å². The van der Waals surface area contributed by atoms with Gasteiger partial charge in [-0.25, -0.2) is 4.68 Å². The molecule has 0 bridgehead atoms. The molecular weight excluding hydrogens is 492 g/mol. The second-order valence-corrected chi connectivity index (χ2v) is 9.16. The summed E-state index contributed by atoms with van der Waals surface area (Å²) in [6.07, 6.45) is 5.34. The molecule has 0 saturated carbocycles. The molecule has 198 valence electrons. The SMILES string of the molecule is COc1ccc(C(=O)N/C(=C\c2cn(-c3ccccc3)nc2-c2ccccc2)C(=O)NC[C@H]2CCCO2)cc1. The van der Waals surface area contributed by atoms with Gasteiger partial charge in [-0.3, -0.25) is 9.59 Å². The maximum absolute atomic E-state index is 13.4. The standard InChI is InChI=1S/C31H30N4O4/c1-38-26-16-14-23(15-17-26)30(36)33-28(31(37)32-20-27-13-8-18-39-27)19-24-21-35(25-11-6-3-7-12-25)34-29(24)22-9-4-2-5-10-22/h2-7,9-12,14-17,19,21,27H,8,13,18,20H2,1H3,(H,32,37)(H,33,36)/b28-19-/t27-/m1/s1. The molecule has 2 heterocycles. The van der Waals surface area contributed by atoms with E-state index in [1.165, 1.54) is 0 Å². The van der Waals surface area contributed by atoms with Gasteiger partial charge in [-0.1, -0.05) is 48.5 Å². The van der Waals surface area contributed by atoms with Gasteiger partial charge in [0.05, 0.1) is 18.9 Å². The fraction of sp³-hybridized carbons (Fsp3) is 0.194. The number of nitrogens with one attached hydrogen (secondary N) is 2. The third kappa shape index (κ3) is 6.42. The van der Waals surface area contributed by atoms with Gasteiger partial charge in [0.1, 0.15) is 17.1 Å². The van der Waals surface area contributed by atoms with Crippen LogP contribution in [-0.4, -0.2) is 48.0 Å². The van der Waals surface area contributed by atoms with E-state index < -0.39 is 11.8 Å². The summed E-state index contributed by atoms with van der Waals surface area (Å²) in [5, 5.41) is 10.6. The zero-order valence-corrected chi connectivity index (χ0v) is 21.7. The van der Waals surface area contributed by atoms with Crippen LogP contribution in [0.25, 0.3) is 23.0 Å². The van der Waals surface area contributed by atoms with Crippen LogP contribution in [0, 0.1) is 0 Å². The van der Waals surface area contributed by atoms with Crippen LogP contribution < -0.4 is 15.4 Å². The average molecular weight is 523 g/mol. The molecule has 39 heavy (non-hydrogen) atoms. The van der Waals surface area contributed by atoms with E-state index in [2.05, 4.69) is 10.6 Å². The van der Waals surface area contributed by atoms with Gasteiger partial charge in [0, 0.05) is 36.0 Å². The fourth-order valence-electron chi connectivity index (χ4n) is 4.38. The molecule has 1 aliphatic heterocycles. The van der Waals surface area contributed by atoms with Gasteiger partial charge in [-0.05, 0) is 55.3 Å². The zero-order chi connectivity index (χ0) is 27.0. The summed E-state index contributed by atoms with van der Waals surface area (Å²) in [6.45, 7) is 1.06. The molecule has 0 unspecified atom stereocenters. The summed E-state index contributed by atoms with van der Waals surface area (Å²) >= 11 is 0. The quantitative estimate of drug-likeness (QED) is 0.313. The Labute approximate surface area is 227 Å². The lowest BCUT2D eigenvalue weighted by Gasteiger charge is -2.14. The number of amides is 2. The van der Waals surface area contributed by atoms with Crippen LogP contribution in [0.4, 0.5) is 0 Å². The number of methoxy groups -OCH3 is 1. The van der Waals surface area contributed by atoms with Crippen LogP contribution in [0.2, 0.25) is 0 Å². The van der Waals surface area contributed by atoms with Crippen molar-refractivity contribution in [2.24, 2.45) is 0 Å². The van der Waals surface area contributed by atoms with Crippen LogP contribution in [-0.2, 0) is 9.53 Å². The highest BCUT2D eigenvalue weighted by molar-refractivity contribution is 6.05. The highest BCUT2D eigenvalue weighted by Crippen LogP contribution is 2.26. The predicted octanol–water partition coefficient (Wildman–Crippen LogP) is 4.61. The smallest absolute Gasteiger partial charge is 0.267 e. The number of nitrogens with zero attached hydrogens (tertiary/aromatic N) is 2. The van der Waals surface area contributed by atoms with E-state index >= 15 is 0 Å². The normalized spacial score (nSPS) is 15.1. The van der Waals surface area contributed by atoms with E-state index in [4.69, 9.17) is 14.6 Å². The minimum atomic E-state index is -0.409. The van der Waals surface area contributed by atoms with Crippen molar-refractivity contribution in [3.05, 3.63) is 108 Å². The number of hydrogen-bond donors (Lipinski definition) is 2. The van der Waals surface area contributed by atoms with Crippen molar-refractivity contribution >= 4 is 17.9 Å². The minimum absolute atomic E-state index is 0.0341. The first-order valence-electron chi connectivity index (χ1n) is 12.9. The summed E-state index contributed by atoms with van der Waals surface area (Å²) in [4.78, 5) is 26.6. The van der Waals surface area contributed by atoms with Crippen molar-refractivity contribution in [3.63, 3.8) is 0 Å². The molecule has 0 spiro atoms. The second-order valence-electron chi connectivity index (χ2n) is 9.16. The van der Waals surface area contributed by atoms with Gasteiger partial charge in [-0.2, -0.15) is 5.10 Å². The number of carbonyl (C=O) groups excluding carboxylic acids is 2. The molecule has 0 aliphatic carbocycles. The molecule has 1 aromatic heterocycles. The van der Waals surface area contributed by atoms with Crippen LogP contribution in [0.3, 0.4) is 0 Å². The van der Waals surface area contributed by atoms with Crippen molar-refractivity contribution in [2.75, 3.05) is 20.3 Å². The maximum Gasteiger partial charge on any atom is 0.267 e. The van der Waals surface area contributed by atoms with Crippen molar-refractivity contribution in [1.29, 1.82) is 0 Å². The second kappa shape index (κ2) is 12.2. The number of aromatic nitrogens is 2. The number of rotatable bonds is 9. The van der Waals surface area contributed by atoms with Crippen molar-refractivity contribution in [2.45, 2.75) is 18.9 Å². The lowest BCUT2D eigenvalue weighted by molar-refractivity contribution is -0.118. The molecule has 8 heteroatoms. The predicted molar refractivity (Wildman–Crippen MR) is 149 cm³/mol. The highest BCUT2D eigenvalue weighted by atomic mass is 16.5. The van der Waals surface area contributed by atoms with Gasteiger partial charge in [0.15, 0.2) is 0 Å². The molecule has 1 atom stereocenters. The Morgan fingerprint density at radius 3 is 2.41 bits per heavy atom. The zero-order valence-electron chi connectivity index (χ0n) is 21.7. The molecule has 3 aromatic carbocycles. The first kappa shape index (κ1) is 25.9. The van der Waals surface area contributed by atoms with Gasteiger partial charge < -0.3 is 20.1 Å². The molecule has 0 radical (unpaired) electrons. The van der Waals surface area contributed by atoms with E-state index in [0.717, 1.165) is 24.1 Å². The lowest BCUT2D eigenvalue weighted by Crippen LogP contribution is -2.38. The van der Waals surface area contributed by atoms with Crippen molar-refractivity contribution < 1.29 is 19.1 Å². The van der Waals surface area contributed by atoms with E-state index in [1.807, 2.05) is 66.9 Å². The summed E-state index contributed by atoms with van der Waals surface area (Å²) in [7, 11) is 1.56. The largest absolute Gasteiger partial charge is 0.497 e. The average Bonchev–Trinajstić information content (AvgIpc) is 3.67. The summed E-state index contributed by atoms with van der Waals surface area (Å²) in [5.41, 5.74) is 3.64. The van der Waals surface area contributed by atoms with Crippen molar-refractivity contribution in [3.8, 4) is 22.7 Å². The van der Waals surface area contributed by atoms with E-state index in [9.17, 15) is 9.59 Å². The number of carbonyl (C=O) groups is 2. The third-order valence-corrected chi connectivity index (χ3v) is 6.47. The van der Waals surface area contributed by atoms with Crippen LogP contribution >= 0.6 is 0 Å². The summed E-state index contributed by atoms with van der Waals surface area (Å²) in [6, 6.07) is 26.2. The Hall–Kier alpha value is -4.69. The molecule has 8 nitrogen and oxygen atoms in total. The fourth-order valence-corrected chi connectivity index (χ4v) is 4.38. The highest BCUT2D eigenvalue weighted by Gasteiger charge is 2.21. The Balaban J connectivity index is 1.51. The third-order valence-electron chi connectivity index (χ3n) is 6.47.